The molecule has 0 aromatic rings. The Morgan fingerprint density at radius 1 is 1.04 bits per heavy atom. The van der Waals surface area contributed by atoms with Gasteiger partial charge in [0.25, 0.3) is 0 Å². The van der Waals surface area contributed by atoms with E-state index >= 15 is 0 Å². The summed E-state index contributed by atoms with van der Waals surface area (Å²) in [5, 5.41) is 42.7. The molecule has 24 heavy (non-hydrogen) atoms. The molecule has 4 saturated carbocycles. The van der Waals surface area contributed by atoms with E-state index < -0.39 is 23.7 Å². The molecule has 0 aromatic heterocycles. The lowest BCUT2D eigenvalue weighted by Gasteiger charge is -2.65. The Morgan fingerprint density at radius 3 is 2.42 bits per heavy atom. The second kappa shape index (κ2) is 5.06. The standard InChI is InChI=1S/C20H32O4/c1-11-13-4-5-15-19(3)9-12(22)8-18(2,10-21)14(19)6-7-20(15,16(11)23)17(13)24/h12-17,21-24H,1,4-10H2,2-3H3/t12-,13+,14-,15+,16+,17-,18+,19-,20-/m1/s1. The van der Waals surface area contributed by atoms with Gasteiger partial charge in [-0.25, -0.2) is 0 Å². The average Bonchev–Trinajstić information content (AvgIpc) is 2.63. The smallest absolute Gasteiger partial charge is 0.0835 e. The van der Waals surface area contributed by atoms with Crippen molar-refractivity contribution in [3.05, 3.63) is 12.2 Å². The first-order valence-electron chi connectivity index (χ1n) is 9.54. The maximum Gasteiger partial charge on any atom is 0.0835 e. The molecule has 4 aliphatic rings. The molecule has 4 fully saturated rings. The van der Waals surface area contributed by atoms with Crippen LogP contribution in [0.15, 0.2) is 12.2 Å². The van der Waals surface area contributed by atoms with Gasteiger partial charge in [0.1, 0.15) is 0 Å². The Balaban J connectivity index is 1.81. The number of hydrogen-bond donors (Lipinski definition) is 4. The van der Waals surface area contributed by atoms with E-state index in [1.54, 1.807) is 0 Å². The summed E-state index contributed by atoms with van der Waals surface area (Å²) in [4.78, 5) is 0. The second-order valence-electron chi connectivity index (χ2n) is 9.74. The molecule has 4 rings (SSSR count). The van der Waals surface area contributed by atoms with Crippen LogP contribution in [0.3, 0.4) is 0 Å². The van der Waals surface area contributed by atoms with Crippen molar-refractivity contribution in [1.29, 1.82) is 0 Å². The number of aliphatic hydroxyl groups excluding tert-OH is 4. The van der Waals surface area contributed by atoms with Gasteiger partial charge in [0.2, 0.25) is 0 Å². The molecule has 2 bridgehead atoms. The van der Waals surface area contributed by atoms with Crippen LogP contribution in [-0.2, 0) is 0 Å². The molecule has 4 heteroatoms. The van der Waals surface area contributed by atoms with Gasteiger partial charge in [-0.05, 0) is 66.8 Å². The first-order valence-corrected chi connectivity index (χ1v) is 9.54. The van der Waals surface area contributed by atoms with E-state index in [1.165, 1.54) is 0 Å². The highest BCUT2D eigenvalue weighted by Crippen LogP contribution is 2.71. The number of aliphatic hydroxyl groups is 4. The van der Waals surface area contributed by atoms with Crippen molar-refractivity contribution < 1.29 is 20.4 Å². The molecular weight excluding hydrogens is 304 g/mol. The number of fused-ring (bicyclic) bond motifs is 3. The summed E-state index contributed by atoms with van der Waals surface area (Å²) in [5.74, 6) is 0.512. The van der Waals surface area contributed by atoms with E-state index in [-0.39, 0.29) is 29.3 Å². The maximum absolute atomic E-state index is 11.1. The fourth-order valence-electron chi connectivity index (χ4n) is 7.88. The SMILES string of the molecule is C=C1[C@@H]2CC[C@H]3[C@]4(C)C[C@H](O)C[C@@](C)(CO)[C@H]4CC[C@]3([C@@H]2O)[C@H]1O. The van der Waals surface area contributed by atoms with Crippen molar-refractivity contribution in [2.75, 3.05) is 6.61 Å². The topological polar surface area (TPSA) is 80.9 Å². The van der Waals surface area contributed by atoms with Crippen molar-refractivity contribution in [2.45, 2.75) is 70.7 Å². The largest absolute Gasteiger partial charge is 0.396 e. The van der Waals surface area contributed by atoms with Crippen LogP contribution in [-0.4, -0.2) is 45.3 Å². The molecule has 0 amide bonds. The van der Waals surface area contributed by atoms with Gasteiger partial charge >= 0.3 is 0 Å². The molecule has 0 aromatic carbocycles. The first-order chi connectivity index (χ1) is 11.2. The van der Waals surface area contributed by atoms with Gasteiger partial charge < -0.3 is 20.4 Å². The monoisotopic (exact) mass is 336 g/mol. The first kappa shape index (κ1) is 17.0. The van der Waals surface area contributed by atoms with Crippen molar-refractivity contribution >= 4 is 0 Å². The molecular formula is C20H32O4. The van der Waals surface area contributed by atoms with Crippen LogP contribution in [0.25, 0.3) is 0 Å². The molecule has 0 aliphatic heterocycles. The normalized spacial score (nSPS) is 59.8. The lowest BCUT2D eigenvalue weighted by Crippen LogP contribution is -2.64. The Bertz CT molecular complexity index is 562. The lowest BCUT2D eigenvalue weighted by molar-refractivity contribution is -0.226. The zero-order chi connectivity index (χ0) is 17.5. The van der Waals surface area contributed by atoms with Gasteiger partial charge in [-0.15, -0.1) is 0 Å². The molecule has 4 aliphatic carbocycles. The lowest BCUT2D eigenvalue weighted by atomic mass is 9.40. The van der Waals surface area contributed by atoms with E-state index in [0.29, 0.717) is 18.8 Å². The van der Waals surface area contributed by atoms with E-state index in [2.05, 4.69) is 20.4 Å². The van der Waals surface area contributed by atoms with Crippen LogP contribution < -0.4 is 0 Å². The summed E-state index contributed by atoms with van der Waals surface area (Å²) < 4.78 is 0. The fraction of sp³-hybridized carbons (Fsp3) is 0.900. The predicted octanol–water partition coefficient (Wildman–Crippen LogP) is 1.86. The number of rotatable bonds is 1. The molecule has 0 saturated heterocycles. The number of hydrogen-bond acceptors (Lipinski definition) is 4. The molecule has 4 nitrogen and oxygen atoms in total. The highest BCUT2D eigenvalue weighted by Gasteiger charge is 2.70. The van der Waals surface area contributed by atoms with Gasteiger partial charge in [0.15, 0.2) is 0 Å². The third-order valence-electron chi connectivity index (χ3n) is 8.72. The summed E-state index contributed by atoms with van der Waals surface area (Å²) in [6.07, 6.45) is 3.30. The highest BCUT2D eigenvalue weighted by molar-refractivity contribution is 5.31. The fourth-order valence-corrected chi connectivity index (χ4v) is 7.88. The summed E-state index contributed by atoms with van der Waals surface area (Å²) in [6.45, 7) is 8.53. The molecule has 0 radical (unpaired) electrons. The minimum absolute atomic E-state index is 0.0224. The van der Waals surface area contributed by atoms with Crippen LogP contribution in [0.4, 0.5) is 0 Å². The van der Waals surface area contributed by atoms with Crippen LogP contribution >= 0.6 is 0 Å². The Labute approximate surface area is 144 Å². The Morgan fingerprint density at radius 2 is 1.75 bits per heavy atom. The van der Waals surface area contributed by atoms with Crippen molar-refractivity contribution in [1.82, 2.24) is 0 Å². The van der Waals surface area contributed by atoms with Crippen molar-refractivity contribution in [3.8, 4) is 0 Å². The van der Waals surface area contributed by atoms with Crippen LogP contribution in [0.5, 0.6) is 0 Å². The Kier molecular flexibility index (Phi) is 3.59. The minimum Gasteiger partial charge on any atom is -0.396 e. The zero-order valence-corrected chi connectivity index (χ0v) is 14.9. The summed E-state index contributed by atoms with van der Waals surface area (Å²) >= 11 is 0. The van der Waals surface area contributed by atoms with Gasteiger partial charge in [-0.2, -0.15) is 0 Å². The van der Waals surface area contributed by atoms with Gasteiger partial charge in [-0.3, -0.25) is 0 Å². The Hall–Kier alpha value is -0.420. The molecule has 1 spiro atoms. The van der Waals surface area contributed by atoms with E-state index in [9.17, 15) is 20.4 Å². The van der Waals surface area contributed by atoms with Crippen molar-refractivity contribution in [3.63, 3.8) is 0 Å². The summed E-state index contributed by atoms with van der Waals surface area (Å²) in [7, 11) is 0. The van der Waals surface area contributed by atoms with E-state index in [1.807, 2.05) is 0 Å². The molecule has 4 N–H and O–H groups in total. The van der Waals surface area contributed by atoms with Crippen molar-refractivity contribution in [2.24, 2.45) is 34.0 Å². The predicted molar refractivity (Wildman–Crippen MR) is 91.1 cm³/mol. The molecule has 0 unspecified atom stereocenters. The minimum atomic E-state index is -0.637. The quantitative estimate of drug-likeness (QED) is 0.551. The average molecular weight is 336 g/mol. The second-order valence-corrected chi connectivity index (χ2v) is 9.74. The van der Waals surface area contributed by atoms with E-state index in [0.717, 1.165) is 31.3 Å². The zero-order valence-electron chi connectivity index (χ0n) is 14.9. The van der Waals surface area contributed by atoms with Crippen LogP contribution in [0.2, 0.25) is 0 Å². The van der Waals surface area contributed by atoms with Crippen LogP contribution in [0.1, 0.15) is 52.4 Å². The van der Waals surface area contributed by atoms with E-state index in [4.69, 9.17) is 0 Å². The van der Waals surface area contributed by atoms with Gasteiger partial charge in [0, 0.05) is 17.9 Å². The molecule has 0 heterocycles. The maximum atomic E-state index is 11.1. The summed E-state index contributed by atoms with van der Waals surface area (Å²) in [6, 6.07) is 0. The van der Waals surface area contributed by atoms with Crippen LogP contribution in [0, 0.1) is 34.0 Å². The van der Waals surface area contributed by atoms with Gasteiger partial charge in [-0.1, -0.05) is 20.4 Å². The third-order valence-corrected chi connectivity index (χ3v) is 8.72. The molecule has 9 atom stereocenters. The third kappa shape index (κ3) is 1.78. The summed E-state index contributed by atoms with van der Waals surface area (Å²) in [5.41, 5.74) is -0.131. The van der Waals surface area contributed by atoms with Gasteiger partial charge in [0.05, 0.1) is 18.3 Å². The molecule has 136 valence electrons. The highest BCUT2D eigenvalue weighted by atomic mass is 16.3.